The molecule has 0 N–H and O–H groups in total. The minimum Gasteiger partial charge on any atom is -0.321 e. The van der Waals surface area contributed by atoms with Gasteiger partial charge in [0.2, 0.25) is 5.62 Å². The van der Waals surface area contributed by atoms with Gasteiger partial charge in [0.25, 0.3) is 0 Å². The maximum atomic E-state index is 4.18. The number of nitrogens with zero attached hydrogens (tertiary/aromatic N) is 3. The van der Waals surface area contributed by atoms with Gasteiger partial charge in [-0.15, -0.1) is 0 Å². The van der Waals surface area contributed by atoms with Gasteiger partial charge in [0.15, 0.2) is 0 Å². The largest absolute Gasteiger partial charge is 0.321 e. The van der Waals surface area contributed by atoms with Crippen molar-refractivity contribution in [3.05, 3.63) is 18.0 Å². The van der Waals surface area contributed by atoms with E-state index in [1.807, 2.05) is 31.1 Å². The Morgan fingerprint density at radius 3 is 2.36 bits per heavy atom. The van der Waals surface area contributed by atoms with E-state index in [9.17, 15) is 0 Å². The van der Waals surface area contributed by atoms with Gasteiger partial charge in [-0.25, -0.2) is 0 Å². The zero-order chi connectivity index (χ0) is 8.43. The van der Waals surface area contributed by atoms with Crippen molar-refractivity contribution in [1.29, 1.82) is 0 Å². The first-order chi connectivity index (χ1) is 5.16. The van der Waals surface area contributed by atoms with E-state index in [0.717, 1.165) is 5.62 Å². The molecule has 0 saturated heterocycles. The highest BCUT2D eigenvalue weighted by molar-refractivity contribution is 4.81. The second-order valence-corrected chi connectivity index (χ2v) is 2.93. The summed E-state index contributed by atoms with van der Waals surface area (Å²) in [5, 5.41) is 0. The average molecular weight is 153 g/mol. The highest BCUT2D eigenvalue weighted by atomic mass is 15.2. The van der Waals surface area contributed by atoms with E-state index in [0.29, 0.717) is 6.04 Å². The lowest BCUT2D eigenvalue weighted by Crippen LogP contribution is -2.24. The van der Waals surface area contributed by atoms with Crippen LogP contribution in [0.4, 0.5) is 0 Å². The monoisotopic (exact) mass is 153 g/mol. The molecule has 0 spiro atoms. The van der Waals surface area contributed by atoms with E-state index in [1.54, 1.807) is 0 Å². The Labute approximate surface area is 67.0 Å². The fraction of sp³-hybridized carbons (Fsp3) is 0.625. The second kappa shape index (κ2) is 2.95. The van der Waals surface area contributed by atoms with Gasteiger partial charge in [0, 0.05) is 32.5 Å². The molecule has 0 atom stereocenters. The average Bonchev–Trinajstić information content (AvgIpc) is 2.30. The molecule has 0 fully saturated rings. The fourth-order valence-electron chi connectivity index (χ4n) is 1.16. The molecule has 0 saturated carbocycles. The minimum absolute atomic E-state index is 0.481. The number of hydrogen-bond acceptors (Lipinski definition) is 1. The Hall–Kier alpha value is -0.990. The zero-order valence-electron chi connectivity index (χ0n) is 7.57. The summed E-state index contributed by atoms with van der Waals surface area (Å²) in [7, 11) is 3.81. The molecule has 62 valence electrons. The quantitative estimate of drug-likeness (QED) is 0.573. The minimum atomic E-state index is 0.481. The summed E-state index contributed by atoms with van der Waals surface area (Å²) in [6.45, 7) is 4.30. The van der Waals surface area contributed by atoms with Crippen LogP contribution in [0.3, 0.4) is 0 Å². The van der Waals surface area contributed by atoms with Crippen LogP contribution in [0.2, 0.25) is 0 Å². The van der Waals surface area contributed by atoms with E-state index < -0.39 is 0 Å². The summed E-state index contributed by atoms with van der Waals surface area (Å²) >= 11 is 0. The topological polar surface area (TPSA) is 22.2 Å². The Bertz CT molecular complexity index is 291. The van der Waals surface area contributed by atoms with Crippen LogP contribution in [0.5, 0.6) is 0 Å². The van der Waals surface area contributed by atoms with Crippen LogP contribution in [-0.4, -0.2) is 16.2 Å². The van der Waals surface area contributed by atoms with Gasteiger partial charge in [0.05, 0.1) is 0 Å². The molecular weight excluding hydrogens is 138 g/mol. The maximum absolute atomic E-state index is 4.18. The predicted molar refractivity (Wildman–Crippen MR) is 45.3 cm³/mol. The molecule has 0 radical (unpaired) electrons. The molecule has 1 aromatic heterocycles. The fourth-order valence-corrected chi connectivity index (χ4v) is 1.16. The number of imidazole rings is 1. The molecule has 1 heterocycles. The van der Waals surface area contributed by atoms with Crippen LogP contribution in [0.1, 0.15) is 19.9 Å². The molecule has 3 heteroatoms. The highest BCUT2D eigenvalue weighted by Gasteiger charge is 1.99. The molecule has 0 aromatic carbocycles. The van der Waals surface area contributed by atoms with Gasteiger partial charge in [-0.2, -0.15) is 0 Å². The van der Waals surface area contributed by atoms with Crippen molar-refractivity contribution in [2.75, 3.05) is 7.05 Å². The number of hydrogen-bond donors (Lipinski definition) is 0. The smallest absolute Gasteiger partial charge is 0.204 e. The van der Waals surface area contributed by atoms with Crippen LogP contribution in [-0.2, 0) is 7.05 Å². The molecule has 0 bridgehead atoms. The van der Waals surface area contributed by atoms with Crippen molar-refractivity contribution >= 4 is 0 Å². The maximum Gasteiger partial charge on any atom is 0.204 e. The van der Waals surface area contributed by atoms with Crippen LogP contribution in [0.15, 0.2) is 17.4 Å². The third kappa shape index (κ3) is 1.37. The van der Waals surface area contributed by atoms with Gasteiger partial charge in [-0.05, 0) is 13.8 Å². The summed E-state index contributed by atoms with van der Waals surface area (Å²) < 4.78 is 4.15. The Balaban J connectivity index is 3.28. The molecule has 0 unspecified atom stereocenters. The van der Waals surface area contributed by atoms with E-state index in [2.05, 4.69) is 23.4 Å². The van der Waals surface area contributed by atoms with Crippen molar-refractivity contribution in [1.82, 2.24) is 9.13 Å². The van der Waals surface area contributed by atoms with E-state index >= 15 is 0 Å². The SMILES string of the molecule is CN=c1n(C)ccn1C(C)C. The van der Waals surface area contributed by atoms with Gasteiger partial charge < -0.3 is 9.13 Å². The van der Waals surface area contributed by atoms with Gasteiger partial charge in [0.1, 0.15) is 0 Å². The van der Waals surface area contributed by atoms with Crippen LogP contribution in [0, 0.1) is 0 Å². The molecule has 1 aromatic rings. The summed E-state index contributed by atoms with van der Waals surface area (Å²) in [5.41, 5.74) is 1.01. The lowest BCUT2D eigenvalue weighted by molar-refractivity contribution is 0.555. The molecule has 0 amide bonds. The Morgan fingerprint density at radius 2 is 2.00 bits per heavy atom. The molecule has 0 aliphatic carbocycles. The van der Waals surface area contributed by atoms with E-state index in [4.69, 9.17) is 0 Å². The normalized spacial score (nSPS) is 13.0. The van der Waals surface area contributed by atoms with Gasteiger partial charge in [-0.1, -0.05) is 0 Å². The van der Waals surface area contributed by atoms with E-state index in [1.165, 1.54) is 0 Å². The first-order valence-corrected chi connectivity index (χ1v) is 3.83. The van der Waals surface area contributed by atoms with Crippen molar-refractivity contribution in [3.63, 3.8) is 0 Å². The van der Waals surface area contributed by atoms with E-state index in [-0.39, 0.29) is 0 Å². The third-order valence-electron chi connectivity index (χ3n) is 1.75. The molecular formula is C8H15N3. The number of rotatable bonds is 1. The molecule has 0 aliphatic rings. The summed E-state index contributed by atoms with van der Waals surface area (Å²) in [4.78, 5) is 4.18. The summed E-state index contributed by atoms with van der Waals surface area (Å²) in [6.07, 6.45) is 4.06. The first-order valence-electron chi connectivity index (χ1n) is 3.83. The summed E-state index contributed by atoms with van der Waals surface area (Å²) in [5.74, 6) is 0. The van der Waals surface area contributed by atoms with Gasteiger partial charge in [-0.3, -0.25) is 4.99 Å². The van der Waals surface area contributed by atoms with Crippen molar-refractivity contribution in [2.45, 2.75) is 19.9 Å². The molecule has 3 nitrogen and oxygen atoms in total. The lowest BCUT2D eigenvalue weighted by Gasteiger charge is -2.05. The van der Waals surface area contributed by atoms with Crippen molar-refractivity contribution in [3.8, 4) is 0 Å². The highest BCUT2D eigenvalue weighted by Crippen LogP contribution is 1.97. The van der Waals surface area contributed by atoms with Crippen LogP contribution >= 0.6 is 0 Å². The Kier molecular flexibility index (Phi) is 2.17. The van der Waals surface area contributed by atoms with Crippen molar-refractivity contribution < 1.29 is 0 Å². The first kappa shape index (κ1) is 8.11. The predicted octanol–water partition coefficient (Wildman–Crippen LogP) is 0.938. The van der Waals surface area contributed by atoms with Crippen LogP contribution < -0.4 is 5.62 Å². The standard InChI is InChI=1S/C8H15N3/c1-7(2)11-6-5-10(4)8(11)9-3/h5-7H,1-4H3. The summed E-state index contributed by atoms with van der Waals surface area (Å²) in [6, 6.07) is 0.481. The van der Waals surface area contributed by atoms with Crippen molar-refractivity contribution in [2.24, 2.45) is 12.0 Å². The third-order valence-corrected chi connectivity index (χ3v) is 1.75. The molecule has 1 rings (SSSR count). The second-order valence-electron chi connectivity index (χ2n) is 2.93. The van der Waals surface area contributed by atoms with Gasteiger partial charge >= 0.3 is 0 Å². The lowest BCUT2D eigenvalue weighted by atomic mass is 10.4. The molecule has 11 heavy (non-hydrogen) atoms. The molecule has 0 aliphatic heterocycles. The number of aromatic nitrogens is 2. The van der Waals surface area contributed by atoms with Crippen LogP contribution in [0.25, 0.3) is 0 Å². The zero-order valence-corrected chi connectivity index (χ0v) is 7.57. The Morgan fingerprint density at radius 1 is 1.36 bits per heavy atom. The number of aryl methyl sites for hydroxylation is 1.